The first-order chi connectivity index (χ1) is 7.16. The highest BCUT2D eigenvalue weighted by Gasteiger charge is 2.04. The summed E-state index contributed by atoms with van der Waals surface area (Å²) in [5, 5.41) is 1.31. The first-order valence-corrected chi connectivity index (χ1v) is 6.65. The molecule has 1 aromatic heterocycles. The molecule has 1 atom stereocenters. The number of halogens is 1. The van der Waals surface area contributed by atoms with Crippen LogP contribution in [0.2, 0.25) is 0 Å². The van der Waals surface area contributed by atoms with Gasteiger partial charge in [-0.2, -0.15) is 0 Å². The summed E-state index contributed by atoms with van der Waals surface area (Å²) in [7, 11) is 0. The molecule has 0 spiro atoms. The van der Waals surface area contributed by atoms with Gasteiger partial charge in [-0.1, -0.05) is 48.6 Å². The Morgan fingerprint density at radius 1 is 1.20 bits per heavy atom. The van der Waals surface area contributed by atoms with E-state index >= 15 is 0 Å². The molecule has 0 aliphatic rings. The number of H-pyrrole nitrogens is 1. The molecule has 0 bridgehead atoms. The lowest BCUT2D eigenvalue weighted by Gasteiger charge is -1.96. The molecule has 82 valence electrons. The first kappa shape index (κ1) is 12.6. The normalized spacial score (nSPS) is 12.1. The zero-order valence-electron chi connectivity index (χ0n) is 9.76. The van der Waals surface area contributed by atoms with Gasteiger partial charge in [0.2, 0.25) is 0 Å². The molecule has 0 aliphatic heterocycles. The Morgan fingerprint density at radius 2 is 1.87 bits per heavy atom. The number of aromatic nitrogens is 1. The van der Waals surface area contributed by atoms with E-state index < -0.39 is 0 Å². The van der Waals surface area contributed by atoms with Gasteiger partial charge in [0, 0.05) is 15.1 Å². The summed E-state index contributed by atoms with van der Waals surface area (Å²) in [6.45, 7) is 8.31. The molecule has 0 saturated heterocycles. The SMILES string of the molecule is CC.Cc1ccc2cc(C(C)I)[nH]c2c1. The molecule has 2 heteroatoms. The molecule has 1 unspecified atom stereocenters. The van der Waals surface area contributed by atoms with Crippen LogP contribution < -0.4 is 0 Å². The van der Waals surface area contributed by atoms with Gasteiger partial charge >= 0.3 is 0 Å². The Bertz CT molecular complexity index is 429. The maximum absolute atomic E-state index is 3.43. The monoisotopic (exact) mass is 315 g/mol. The number of nitrogens with one attached hydrogen (secondary N) is 1. The minimum atomic E-state index is 0.547. The van der Waals surface area contributed by atoms with Crippen LogP contribution in [0.4, 0.5) is 0 Å². The molecule has 1 aromatic carbocycles. The molecule has 0 amide bonds. The van der Waals surface area contributed by atoms with E-state index in [9.17, 15) is 0 Å². The number of rotatable bonds is 1. The Kier molecular flexibility index (Phi) is 4.64. The molecule has 1 N–H and O–H groups in total. The zero-order valence-corrected chi connectivity index (χ0v) is 11.9. The second-order valence-electron chi connectivity index (χ2n) is 3.43. The summed E-state index contributed by atoms with van der Waals surface area (Å²) < 4.78 is 0.547. The Balaban J connectivity index is 0.000000531. The van der Waals surface area contributed by atoms with Crippen molar-refractivity contribution in [1.29, 1.82) is 0 Å². The maximum atomic E-state index is 3.43. The summed E-state index contributed by atoms with van der Waals surface area (Å²) in [6, 6.07) is 8.74. The third-order valence-corrected chi connectivity index (χ3v) is 2.90. The maximum Gasteiger partial charge on any atom is 0.0482 e. The minimum Gasteiger partial charge on any atom is -0.358 e. The van der Waals surface area contributed by atoms with Gasteiger partial charge in [-0.05, 0) is 36.9 Å². The highest BCUT2D eigenvalue weighted by atomic mass is 127. The van der Waals surface area contributed by atoms with Gasteiger partial charge in [-0.25, -0.2) is 0 Å². The third kappa shape index (κ3) is 2.97. The van der Waals surface area contributed by atoms with E-state index in [4.69, 9.17) is 0 Å². The van der Waals surface area contributed by atoms with E-state index in [0.717, 1.165) is 0 Å². The third-order valence-electron chi connectivity index (χ3n) is 2.23. The van der Waals surface area contributed by atoms with Crippen molar-refractivity contribution < 1.29 is 0 Å². The number of aromatic amines is 1. The number of fused-ring (bicyclic) bond motifs is 1. The van der Waals surface area contributed by atoms with Gasteiger partial charge in [0.15, 0.2) is 0 Å². The van der Waals surface area contributed by atoms with Crippen LogP contribution in [0.1, 0.15) is 36.0 Å². The number of hydrogen-bond acceptors (Lipinski definition) is 0. The molecule has 0 fully saturated rings. The molecule has 1 heterocycles. The van der Waals surface area contributed by atoms with Crippen LogP contribution in [-0.2, 0) is 0 Å². The molecule has 15 heavy (non-hydrogen) atoms. The number of alkyl halides is 1. The van der Waals surface area contributed by atoms with Gasteiger partial charge in [0.1, 0.15) is 0 Å². The molecule has 0 saturated carbocycles. The minimum absolute atomic E-state index is 0.547. The second kappa shape index (κ2) is 5.54. The predicted molar refractivity (Wildman–Crippen MR) is 76.8 cm³/mol. The van der Waals surface area contributed by atoms with Gasteiger partial charge in [0.25, 0.3) is 0 Å². The van der Waals surface area contributed by atoms with Crippen molar-refractivity contribution in [2.24, 2.45) is 0 Å². The molecule has 2 aromatic rings. The van der Waals surface area contributed by atoms with Crippen LogP contribution in [0, 0.1) is 6.92 Å². The summed E-state index contributed by atoms with van der Waals surface area (Å²) in [5.41, 5.74) is 3.86. The highest BCUT2D eigenvalue weighted by Crippen LogP contribution is 2.25. The van der Waals surface area contributed by atoms with Crippen molar-refractivity contribution in [3.05, 3.63) is 35.5 Å². The van der Waals surface area contributed by atoms with Crippen molar-refractivity contribution in [3.63, 3.8) is 0 Å². The van der Waals surface area contributed by atoms with Gasteiger partial charge in [-0.3, -0.25) is 0 Å². The average Bonchev–Trinajstić information content (AvgIpc) is 2.63. The van der Waals surface area contributed by atoms with Crippen LogP contribution in [0.15, 0.2) is 24.3 Å². The van der Waals surface area contributed by atoms with Crippen molar-refractivity contribution in [2.75, 3.05) is 0 Å². The Hall–Kier alpha value is -0.510. The van der Waals surface area contributed by atoms with E-state index in [-0.39, 0.29) is 0 Å². The standard InChI is InChI=1S/C11H12IN.C2H6/c1-7-3-4-9-6-10(8(2)12)13-11(9)5-7;1-2/h3-6,8,13H,1-2H3;1-2H3. The first-order valence-electron chi connectivity index (χ1n) is 5.40. The fraction of sp³-hybridized carbons (Fsp3) is 0.385. The average molecular weight is 315 g/mol. The molecular weight excluding hydrogens is 297 g/mol. The van der Waals surface area contributed by atoms with Crippen LogP contribution in [0.3, 0.4) is 0 Å². The van der Waals surface area contributed by atoms with Crippen LogP contribution >= 0.6 is 22.6 Å². The topological polar surface area (TPSA) is 15.8 Å². The van der Waals surface area contributed by atoms with Crippen molar-refractivity contribution in [1.82, 2.24) is 4.98 Å². The fourth-order valence-corrected chi connectivity index (χ4v) is 1.81. The smallest absolute Gasteiger partial charge is 0.0482 e. The van der Waals surface area contributed by atoms with Crippen LogP contribution in [0.25, 0.3) is 10.9 Å². The van der Waals surface area contributed by atoms with Gasteiger partial charge in [0.05, 0.1) is 0 Å². The molecular formula is C13H18IN. The van der Waals surface area contributed by atoms with Crippen LogP contribution in [0.5, 0.6) is 0 Å². The summed E-state index contributed by atoms with van der Waals surface area (Å²) in [4.78, 5) is 3.43. The molecule has 2 rings (SSSR count). The van der Waals surface area contributed by atoms with E-state index in [0.29, 0.717) is 3.92 Å². The van der Waals surface area contributed by atoms with Crippen molar-refractivity contribution in [3.8, 4) is 0 Å². The van der Waals surface area contributed by atoms with E-state index in [2.05, 4.69) is 65.7 Å². The number of hydrogen-bond donors (Lipinski definition) is 1. The zero-order chi connectivity index (χ0) is 11.4. The fourth-order valence-electron chi connectivity index (χ4n) is 1.48. The van der Waals surface area contributed by atoms with E-state index in [1.54, 1.807) is 0 Å². The lowest BCUT2D eigenvalue weighted by molar-refractivity contribution is 1.08. The quantitative estimate of drug-likeness (QED) is 0.563. The largest absolute Gasteiger partial charge is 0.358 e. The lowest BCUT2D eigenvalue weighted by Crippen LogP contribution is -1.80. The second-order valence-corrected chi connectivity index (χ2v) is 5.30. The van der Waals surface area contributed by atoms with Crippen molar-refractivity contribution in [2.45, 2.75) is 31.6 Å². The van der Waals surface area contributed by atoms with E-state index in [1.807, 2.05) is 13.8 Å². The Labute approximate surface area is 105 Å². The van der Waals surface area contributed by atoms with Gasteiger partial charge < -0.3 is 4.98 Å². The van der Waals surface area contributed by atoms with Crippen LogP contribution in [-0.4, -0.2) is 4.98 Å². The number of aryl methyl sites for hydroxylation is 1. The summed E-state index contributed by atoms with van der Waals surface area (Å²) >= 11 is 2.42. The molecule has 1 nitrogen and oxygen atoms in total. The molecule has 0 aliphatic carbocycles. The summed E-state index contributed by atoms with van der Waals surface area (Å²) in [5.74, 6) is 0. The number of benzene rings is 1. The Morgan fingerprint density at radius 3 is 2.47 bits per heavy atom. The van der Waals surface area contributed by atoms with Crippen molar-refractivity contribution >= 4 is 33.5 Å². The highest BCUT2D eigenvalue weighted by molar-refractivity contribution is 14.1. The van der Waals surface area contributed by atoms with E-state index in [1.165, 1.54) is 22.2 Å². The lowest BCUT2D eigenvalue weighted by atomic mass is 10.2. The molecule has 0 radical (unpaired) electrons. The van der Waals surface area contributed by atoms with Gasteiger partial charge in [-0.15, -0.1) is 0 Å². The summed E-state index contributed by atoms with van der Waals surface area (Å²) in [6.07, 6.45) is 0. The predicted octanol–water partition coefficient (Wildman–Crippen LogP) is 5.00.